The Hall–Kier alpha value is -2.44. The summed E-state index contributed by atoms with van der Waals surface area (Å²) in [6.07, 6.45) is 2.90. The molecule has 160 valence electrons. The number of nitrogens with one attached hydrogen (secondary N) is 1. The van der Waals surface area contributed by atoms with E-state index in [0.717, 1.165) is 43.2 Å². The summed E-state index contributed by atoms with van der Waals surface area (Å²) in [7, 11) is 1.96. The molecule has 0 atom stereocenters. The highest BCUT2D eigenvalue weighted by molar-refractivity contribution is 6.25. The number of carbonyl (C=O) groups excluding carboxylic acids is 3. The van der Waals surface area contributed by atoms with Crippen molar-refractivity contribution in [1.82, 2.24) is 15.1 Å². The summed E-state index contributed by atoms with van der Waals surface area (Å²) >= 11 is 0. The quantitative estimate of drug-likeness (QED) is 0.716. The minimum atomic E-state index is -0.264. The third kappa shape index (κ3) is 4.20. The standard InChI is InChI=1S/C23H27N3O3.ClH/c1-24-15-16-10-13-25(14-11-16)20(27)9-4-12-26-22(28)18-7-2-5-17-6-3-8-19(21(17)18)23(26)29;/h2-3,5-8,16,24H,4,9-15H2,1H3;1H. The lowest BCUT2D eigenvalue weighted by atomic mass is 9.94. The summed E-state index contributed by atoms with van der Waals surface area (Å²) in [5, 5.41) is 4.84. The van der Waals surface area contributed by atoms with E-state index < -0.39 is 0 Å². The van der Waals surface area contributed by atoms with Gasteiger partial charge in [-0.15, -0.1) is 12.4 Å². The Kier molecular flexibility index (Phi) is 7.10. The van der Waals surface area contributed by atoms with Crippen LogP contribution < -0.4 is 5.32 Å². The van der Waals surface area contributed by atoms with E-state index in [1.807, 2.05) is 36.2 Å². The van der Waals surface area contributed by atoms with Gasteiger partial charge in [0.2, 0.25) is 5.91 Å². The molecule has 0 spiro atoms. The first-order valence-electron chi connectivity index (χ1n) is 10.4. The van der Waals surface area contributed by atoms with Gasteiger partial charge in [0.15, 0.2) is 0 Å². The second kappa shape index (κ2) is 9.58. The highest BCUT2D eigenvalue weighted by Crippen LogP contribution is 2.30. The number of imide groups is 1. The molecule has 0 saturated carbocycles. The number of hydrogen-bond donors (Lipinski definition) is 1. The van der Waals surface area contributed by atoms with Crippen LogP contribution in [0.5, 0.6) is 0 Å². The van der Waals surface area contributed by atoms with Gasteiger partial charge in [0, 0.05) is 42.6 Å². The first-order chi connectivity index (χ1) is 14.1. The summed E-state index contributed by atoms with van der Waals surface area (Å²) in [5.74, 6) is 0.224. The van der Waals surface area contributed by atoms with E-state index in [2.05, 4.69) is 5.32 Å². The Balaban J connectivity index is 0.00000256. The molecule has 1 N–H and O–H groups in total. The van der Waals surface area contributed by atoms with Crippen molar-refractivity contribution in [3.63, 3.8) is 0 Å². The maximum atomic E-state index is 12.9. The van der Waals surface area contributed by atoms with Crippen molar-refractivity contribution in [2.24, 2.45) is 5.92 Å². The van der Waals surface area contributed by atoms with Crippen molar-refractivity contribution in [2.75, 3.05) is 33.2 Å². The second-order valence-corrected chi connectivity index (χ2v) is 7.96. The fraction of sp³-hybridized carbons (Fsp3) is 0.435. The number of rotatable bonds is 6. The van der Waals surface area contributed by atoms with Crippen molar-refractivity contribution < 1.29 is 14.4 Å². The second-order valence-electron chi connectivity index (χ2n) is 7.96. The molecule has 0 radical (unpaired) electrons. The molecular formula is C23H28ClN3O3. The number of nitrogens with zero attached hydrogens (tertiary/aromatic N) is 2. The number of carbonyl (C=O) groups is 3. The van der Waals surface area contributed by atoms with Gasteiger partial charge in [-0.05, 0) is 56.3 Å². The smallest absolute Gasteiger partial charge is 0.261 e. The number of likely N-dealkylation sites (tertiary alicyclic amines) is 1. The van der Waals surface area contributed by atoms with Crippen LogP contribution in [0.1, 0.15) is 46.4 Å². The molecule has 0 aliphatic carbocycles. The molecule has 3 amide bonds. The minimum Gasteiger partial charge on any atom is -0.343 e. The monoisotopic (exact) mass is 429 g/mol. The lowest BCUT2D eigenvalue weighted by Crippen LogP contribution is -2.42. The van der Waals surface area contributed by atoms with Crippen LogP contribution in [0.3, 0.4) is 0 Å². The first kappa shape index (κ1) is 22.2. The molecule has 0 bridgehead atoms. The predicted molar refractivity (Wildman–Crippen MR) is 119 cm³/mol. The maximum Gasteiger partial charge on any atom is 0.261 e. The molecule has 1 fully saturated rings. The van der Waals surface area contributed by atoms with Gasteiger partial charge in [-0.2, -0.15) is 0 Å². The maximum absolute atomic E-state index is 12.9. The van der Waals surface area contributed by atoms with E-state index in [-0.39, 0.29) is 36.7 Å². The Morgan fingerprint density at radius 1 is 1.03 bits per heavy atom. The van der Waals surface area contributed by atoms with Gasteiger partial charge in [-0.25, -0.2) is 0 Å². The number of hydrogen-bond acceptors (Lipinski definition) is 4. The molecule has 2 aromatic rings. The van der Waals surface area contributed by atoms with Crippen LogP contribution in [0.25, 0.3) is 10.8 Å². The van der Waals surface area contributed by atoms with Crippen LogP contribution in [0, 0.1) is 5.92 Å². The topological polar surface area (TPSA) is 69.7 Å². The number of halogens is 1. The van der Waals surface area contributed by atoms with Crippen molar-refractivity contribution in [3.05, 3.63) is 47.5 Å². The van der Waals surface area contributed by atoms with E-state index in [9.17, 15) is 14.4 Å². The van der Waals surface area contributed by atoms with Gasteiger partial charge >= 0.3 is 0 Å². The van der Waals surface area contributed by atoms with E-state index >= 15 is 0 Å². The molecule has 0 unspecified atom stereocenters. The lowest BCUT2D eigenvalue weighted by Gasteiger charge is -2.32. The molecule has 1 saturated heterocycles. The van der Waals surface area contributed by atoms with Gasteiger partial charge in [0.25, 0.3) is 11.8 Å². The zero-order valence-electron chi connectivity index (χ0n) is 17.2. The van der Waals surface area contributed by atoms with E-state index in [4.69, 9.17) is 0 Å². The molecule has 2 aliphatic heterocycles. The average Bonchev–Trinajstić information content (AvgIpc) is 2.75. The summed E-state index contributed by atoms with van der Waals surface area (Å²) in [5.41, 5.74) is 1.13. The first-order valence-corrected chi connectivity index (χ1v) is 10.4. The van der Waals surface area contributed by atoms with E-state index in [1.165, 1.54) is 4.90 Å². The zero-order valence-corrected chi connectivity index (χ0v) is 18.0. The molecule has 6 nitrogen and oxygen atoms in total. The number of benzene rings is 2. The SMILES string of the molecule is CNCC1CCN(C(=O)CCCN2C(=O)c3cccc4cccc(c34)C2=O)CC1.Cl. The summed E-state index contributed by atoms with van der Waals surface area (Å²) in [4.78, 5) is 41.5. The van der Waals surface area contributed by atoms with Gasteiger partial charge in [-0.3, -0.25) is 19.3 Å². The van der Waals surface area contributed by atoms with Crippen molar-refractivity contribution in [1.29, 1.82) is 0 Å². The fourth-order valence-electron chi connectivity index (χ4n) is 4.51. The third-order valence-electron chi connectivity index (χ3n) is 6.09. The minimum absolute atomic E-state index is 0. The average molecular weight is 430 g/mol. The predicted octanol–water partition coefficient (Wildman–Crippen LogP) is 3.10. The summed E-state index contributed by atoms with van der Waals surface area (Å²) in [6.45, 7) is 2.85. The number of amides is 3. The van der Waals surface area contributed by atoms with Crippen LogP contribution in [0.4, 0.5) is 0 Å². The zero-order chi connectivity index (χ0) is 20.4. The Morgan fingerprint density at radius 2 is 1.63 bits per heavy atom. The Morgan fingerprint density at radius 3 is 2.20 bits per heavy atom. The van der Waals surface area contributed by atoms with Crippen LogP contribution in [-0.4, -0.2) is 60.7 Å². The molecule has 2 heterocycles. The van der Waals surface area contributed by atoms with Gasteiger partial charge in [-0.1, -0.05) is 24.3 Å². The molecule has 30 heavy (non-hydrogen) atoms. The van der Waals surface area contributed by atoms with Crippen LogP contribution >= 0.6 is 12.4 Å². The molecular weight excluding hydrogens is 402 g/mol. The molecule has 2 aromatic carbocycles. The van der Waals surface area contributed by atoms with Crippen LogP contribution in [-0.2, 0) is 4.79 Å². The summed E-state index contributed by atoms with van der Waals surface area (Å²) in [6, 6.07) is 11.1. The van der Waals surface area contributed by atoms with Crippen molar-refractivity contribution in [2.45, 2.75) is 25.7 Å². The van der Waals surface area contributed by atoms with Gasteiger partial charge in [0.05, 0.1) is 0 Å². The Bertz CT molecular complexity index is 903. The van der Waals surface area contributed by atoms with Gasteiger partial charge in [0.1, 0.15) is 0 Å². The van der Waals surface area contributed by atoms with Crippen molar-refractivity contribution in [3.8, 4) is 0 Å². The number of piperidine rings is 1. The highest BCUT2D eigenvalue weighted by atomic mass is 35.5. The molecule has 2 aliphatic rings. The molecule has 4 rings (SSSR count). The van der Waals surface area contributed by atoms with E-state index in [1.54, 1.807) is 12.1 Å². The van der Waals surface area contributed by atoms with E-state index in [0.29, 0.717) is 29.9 Å². The third-order valence-corrected chi connectivity index (χ3v) is 6.09. The van der Waals surface area contributed by atoms with Crippen molar-refractivity contribution >= 4 is 40.9 Å². The normalized spacial score (nSPS) is 16.7. The largest absolute Gasteiger partial charge is 0.343 e. The lowest BCUT2D eigenvalue weighted by molar-refractivity contribution is -0.132. The van der Waals surface area contributed by atoms with Crippen LogP contribution in [0.15, 0.2) is 36.4 Å². The van der Waals surface area contributed by atoms with Crippen LogP contribution in [0.2, 0.25) is 0 Å². The highest BCUT2D eigenvalue weighted by Gasteiger charge is 2.32. The molecule has 0 aromatic heterocycles. The Labute approximate surface area is 183 Å². The molecule has 7 heteroatoms. The van der Waals surface area contributed by atoms with Gasteiger partial charge < -0.3 is 10.2 Å². The fourth-order valence-corrected chi connectivity index (χ4v) is 4.51. The summed E-state index contributed by atoms with van der Waals surface area (Å²) < 4.78 is 0.